The summed E-state index contributed by atoms with van der Waals surface area (Å²) in [5.41, 5.74) is -0.797. The molecule has 0 bridgehead atoms. The lowest BCUT2D eigenvalue weighted by Crippen LogP contribution is -2.41. The van der Waals surface area contributed by atoms with E-state index in [0.29, 0.717) is 12.8 Å². The number of hydrogen-bond donors (Lipinski definition) is 2. The molecule has 0 heterocycles. The van der Waals surface area contributed by atoms with E-state index in [1.54, 1.807) is 0 Å². The van der Waals surface area contributed by atoms with Crippen molar-refractivity contribution in [1.29, 1.82) is 0 Å². The summed E-state index contributed by atoms with van der Waals surface area (Å²) in [4.78, 5) is 10.6. The van der Waals surface area contributed by atoms with Gasteiger partial charge >= 0.3 is 6.09 Å². The molecule has 0 aromatic heterocycles. The minimum atomic E-state index is -0.797. The van der Waals surface area contributed by atoms with Gasteiger partial charge < -0.3 is 15.2 Å². The summed E-state index contributed by atoms with van der Waals surface area (Å²) in [5, 5.41) is 12.2. The van der Waals surface area contributed by atoms with Gasteiger partial charge in [0.2, 0.25) is 0 Å². The quantitative estimate of drug-likeness (QED) is 0.667. The van der Waals surface area contributed by atoms with Crippen LogP contribution in [0.3, 0.4) is 0 Å². The highest BCUT2D eigenvalue weighted by Crippen LogP contribution is 2.12. The number of amides is 1. The second-order valence-corrected chi connectivity index (χ2v) is 2.78. The second kappa shape index (κ2) is 4.98. The van der Waals surface area contributed by atoms with E-state index in [-0.39, 0.29) is 6.54 Å². The summed E-state index contributed by atoms with van der Waals surface area (Å²) in [5.74, 6) is 0. The van der Waals surface area contributed by atoms with Gasteiger partial charge in [0, 0.05) is 6.54 Å². The van der Waals surface area contributed by atoms with E-state index in [1.807, 2.05) is 13.8 Å². The van der Waals surface area contributed by atoms with E-state index in [2.05, 4.69) is 10.1 Å². The molecule has 0 aliphatic heterocycles. The molecular formula is C8H17NO3. The summed E-state index contributed by atoms with van der Waals surface area (Å²) < 4.78 is 4.37. The number of hydrogen-bond acceptors (Lipinski definition) is 3. The number of rotatable bonds is 4. The molecule has 0 atom stereocenters. The molecule has 0 aliphatic rings. The second-order valence-electron chi connectivity index (χ2n) is 2.78. The fourth-order valence-electron chi connectivity index (χ4n) is 0.809. The Morgan fingerprint density at radius 3 is 2.33 bits per heavy atom. The first kappa shape index (κ1) is 11.2. The molecule has 4 nitrogen and oxygen atoms in total. The summed E-state index contributed by atoms with van der Waals surface area (Å²) in [7, 11) is 1.30. The van der Waals surface area contributed by atoms with Gasteiger partial charge in [0.1, 0.15) is 0 Å². The number of carbonyl (C=O) groups excluding carboxylic acids is 1. The summed E-state index contributed by atoms with van der Waals surface area (Å²) in [6.07, 6.45) is 0.733. The van der Waals surface area contributed by atoms with E-state index in [0.717, 1.165) is 0 Å². The van der Waals surface area contributed by atoms with Gasteiger partial charge in [0.25, 0.3) is 0 Å². The SMILES string of the molecule is CCC(O)(CC)CNC(=O)OC. The maximum atomic E-state index is 10.6. The largest absolute Gasteiger partial charge is 0.453 e. The van der Waals surface area contributed by atoms with Crippen LogP contribution >= 0.6 is 0 Å². The van der Waals surface area contributed by atoms with Gasteiger partial charge in [-0.3, -0.25) is 0 Å². The minimum absolute atomic E-state index is 0.243. The van der Waals surface area contributed by atoms with Crippen molar-refractivity contribution in [1.82, 2.24) is 5.32 Å². The van der Waals surface area contributed by atoms with Crippen molar-refractivity contribution in [2.45, 2.75) is 32.3 Å². The number of alkyl carbamates (subject to hydrolysis) is 1. The molecule has 2 N–H and O–H groups in total. The van der Waals surface area contributed by atoms with Crippen molar-refractivity contribution < 1.29 is 14.6 Å². The number of carbonyl (C=O) groups is 1. The smallest absolute Gasteiger partial charge is 0.406 e. The maximum absolute atomic E-state index is 10.6. The molecule has 0 radical (unpaired) electrons. The Kier molecular flexibility index (Phi) is 4.66. The van der Waals surface area contributed by atoms with E-state index >= 15 is 0 Å². The Balaban J connectivity index is 3.80. The van der Waals surface area contributed by atoms with Crippen LogP contribution < -0.4 is 5.32 Å². The topological polar surface area (TPSA) is 58.6 Å². The molecule has 4 heteroatoms. The summed E-state index contributed by atoms with van der Waals surface area (Å²) in [6.45, 7) is 4.00. The monoisotopic (exact) mass is 175 g/mol. The number of aliphatic hydroxyl groups is 1. The first-order valence-electron chi connectivity index (χ1n) is 4.12. The molecule has 1 amide bonds. The van der Waals surface area contributed by atoms with E-state index in [4.69, 9.17) is 0 Å². The van der Waals surface area contributed by atoms with Crippen LogP contribution in [0.1, 0.15) is 26.7 Å². The molecule has 0 aromatic rings. The summed E-state index contributed by atoms with van der Waals surface area (Å²) >= 11 is 0. The Hall–Kier alpha value is -0.770. The fraction of sp³-hybridized carbons (Fsp3) is 0.875. The average molecular weight is 175 g/mol. The third kappa shape index (κ3) is 3.57. The van der Waals surface area contributed by atoms with E-state index < -0.39 is 11.7 Å². The lowest BCUT2D eigenvalue weighted by molar-refractivity contribution is 0.0320. The molecule has 0 saturated carbocycles. The molecule has 0 aromatic carbocycles. The van der Waals surface area contributed by atoms with Gasteiger partial charge in [-0.2, -0.15) is 0 Å². The van der Waals surface area contributed by atoms with Gasteiger partial charge in [-0.15, -0.1) is 0 Å². The zero-order valence-electron chi connectivity index (χ0n) is 7.89. The minimum Gasteiger partial charge on any atom is -0.453 e. The average Bonchev–Trinajstić information content (AvgIpc) is 2.13. The molecule has 0 unspecified atom stereocenters. The molecule has 0 fully saturated rings. The van der Waals surface area contributed by atoms with Crippen molar-refractivity contribution >= 4 is 6.09 Å². The Morgan fingerprint density at radius 2 is 2.00 bits per heavy atom. The van der Waals surface area contributed by atoms with Crippen molar-refractivity contribution in [3.63, 3.8) is 0 Å². The van der Waals surface area contributed by atoms with Crippen LogP contribution in [0.4, 0.5) is 4.79 Å². The van der Waals surface area contributed by atoms with Crippen LogP contribution in [0.5, 0.6) is 0 Å². The van der Waals surface area contributed by atoms with Crippen molar-refractivity contribution in [3.05, 3.63) is 0 Å². The highest BCUT2D eigenvalue weighted by molar-refractivity contribution is 5.66. The van der Waals surface area contributed by atoms with E-state index in [9.17, 15) is 9.90 Å². The van der Waals surface area contributed by atoms with Crippen LogP contribution in [0.15, 0.2) is 0 Å². The van der Waals surface area contributed by atoms with Crippen LogP contribution in [0, 0.1) is 0 Å². The van der Waals surface area contributed by atoms with Crippen molar-refractivity contribution in [2.24, 2.45) is 0 Å². The lowest BCUT2D eigenvalue weighted by Gasteiger charge is -2.24. The third-order valence-corrected chi connectivity index (χ3v) is 2.06. The van der Waals surface area contributed by atoms with Gasteiger partial charge in [0.05, 0.1) is 12.7 Å². The standard InChI is InChI=1S/C8H17NO3/c1-4-8(11,5-2)6-9-7(10)12-3/h11H,4-6H2,1-3H3,(H,9,10). The number of ether oxygens (including phenoxy) is 1. The Bertz CT molecular complexity index is 143. The van der Waals surface area contributed by atoms with Gasteiger partial charge in [-0.1, -0.05) is 13.8 Å². The first-order chi connectivity index (χ1) is 5.58. The van der Waals surface area contributed by atoms with Gasteiger partial charge in [0.15, 0.2) is 0 Å². The molecule has 0 saturated heterocycles. The number of methoxy groups -OCH3 is 1. The Morgan fingerprint density at radius 1 is 1.50 bits per heavy atom. The number of nitrogens with one attached hydrogen (secondary N) is 1. The molecule has 0 rings (SSSR count). The zero-order valence-corrected chi connectivity index (χ0v) is 7.89. The molecule has 12 heavy (non-hydrogen) atoms. The first-order valence-corrected chi connectivity index (χ1v) is 4.12. The predicted molar refractivity (Wildman–Crippen MR) is 45.9 cm³/mol. The van der Waals surface area contributed by atoms with Crippen LogP contribution in [0.25, 0.3) is 0 Å². The van der Waals surface area contributed by atoms with E-state index in [1.165, 1.54) is 7.11 Å². The molecule has 0 aliphatic carbocycles. The van der Waals surface area contributed by atoms with Crippen LogP contribution in [0.2, 0.25) is 0 Å². The predicted octanol–water partition coefficient (Wildman–Crippen LogP) is 0.893. The Labute approximate surface area is 72.9 Å². The maximum Gasteiger partial charge on any atom is 0.406 e. The third-order valence-electron chi connectivity index (χ3n) is 2.06. The summed E-state index contributed by atoms with van der Waals surface area (Å²) in [6, 6.07) is 0. The fourth-order valence-corrected chi connectivity index (χ4v) is 0.809. The molecular weight excluding hydrogens is 158 g/mol. The highest BCUT2D eigenvalue weighted by atomic mass is 16.5. The normalized spacial score (nSPS) is 11.0. The zero-order chi connectivity index (χ0) is 9.61. The van der Waals surface area contributed by atoms with Crippen LogP contribution in [-0.4, -0.2) is 30.5 Å². The highest BCUT2D eigenvalue weighted by Gasteiger charge is 2.22. The lowest BCUT2D eigenvalue weighted by atomic mass is 9.98. The van der Waals surface area contributed by atoms with Gasteiger partial charge in [-0.05, 0) is 12.8 Å². The van der Waals surface area contributed by atoms with Crippen LogP contribution in [-0.2, 0) is 4.74 Å². The van der Waals surface area contributed by atoms with Crippen molar-refractivity contribution in [2.75, 3.05) is 13.7 Å². The molecule has 72 valence electrons. The van der Waals surface area contributed by atoms with Crippen molar-refractivity contribution in [3.8, 4) is 0 Å². The molecule has 0 spiro atoms. The van der Waals surface area contributed by atoms with Gasteiger partial charge in [-0.25, -0.2) is 4.79 Å².